The predicted octanol–water partition coefficient (Wildman–Crippen LogP) is 5.55. The first-order valence-corrected chi connectivity index (χ1v) is 10.8. The maximum atomic E-state index is 12.3. The van der Waals surface area contributed by atoms with Crippen molar-refractivity contribution in [3.05, 3.63) is 63.1 Å². The molecule has 3 aromatic rings. The minimum atomic E-state index is -0.0380. The predicted molar refractivity (Wildman–Crippen MR) is 114 cm³/mol. The van der Waals surface area contributed by atoms with E-state index in [9.17, 15) is 4.79 Å². The van der Waals surface area contributed by atoms with Crippen molar-refractivity contribution in [1.29, 1.82) is 0 Å². The zero-order valence-corrected chi connectivity index (χ0v) is 18.2. The van der Waals surface area contributed by atoms with E-state index in [2.05, 4.69) is 31.4 Å². The van der Waals surface area contributed by atoms with Crippen LogP contribution in [0.25, 0.3) is 0 Å². The quantitative estimate of drug-likeness (QED) is 0.334. The molecule has 1 N–H and O–H groups in total. The number of thioether (sulfide) groups is 1. The maximum Gasteiger partial charge on any atom is 0.206 e. The molecule has 3 rings (SSSR count). The van der Waals surface area contributed by atoms with Gasteiger partial charge in [-0.1, -0.05) is 46.8 Å². The molecule has 0 spiro atoms. The average molecular weight is 485 g/mol. The van der Waals surface area contributed by atoms with Crippen LogP contribution in [0.1, 0.15) is 15.9 Å². The van der Waals surface area contributed by atoms with Crippen LogP contribution in [0.4, 0.5) is 5.13 Å². The van der Waals surface area contributed by atoms with E-state index < -0.39 is 0 Å². The molecular formula is C18H15BrClN3O2S2. The zero-order valence-electron chi connectivity index (χ0n) is 14.2. The molecule has 1 heterocycles. The summed E-state index contributed by atoms with van der Waals surface area (Å²) in [5.41, 5.74) is 1.76. The Kier molecular flexibility index (Phi) is 7.12. The van der Waals surface area contributed by atoms with Crippen molar-refractivity contribution in [1.82, 2.24) is 10.2 Å². The Bertz CT molecular complexity index is 935. The molecule has 0 atom stereocenters. The molecule has 0 unspecified atom stereocenters. The van der Waals surface area contributed by atoms with Gasteiger partial charge in [0.1, 0.15) is 5.75 Å². The Morgan fingerprint density at radius 2 is 2.04 bits per heavy atom. The fraction of sp³-hybridized carbons (Fsp3) is 0.167. The van der Waals surface area contributed by atoms with Gasteiger partial charge in [-0.05, 0) is 51.8 Å². The summed E-state index contributed by atoms with van der Waals surface area (Å²) in [4.78, 5) is 12.3. The molecule has 0 radical (unpaired) electrons. The van der Waals surface area contributed by atoms with E-state index in [0.29, 0.717) is 16.4 Å². The minimum Gasteiger partial charge on any atom is -0.496 e. The fourth-order valence-electron chi connectivity index (χ4n) is 2.16. The van der Waals surface area contributed by atoms with Crippen LogP contribution >= 0.6 is 50.6 Å². The molecule has 27 heavy (non-hydrogen) atoms. The first kappa shape index (κ1) is 20.1. The lowest BCUT2D eigenvalue weighted by Gasteiger charge is -2.06. The molecule has 0 aliphatic heterocycles. The van der Waals surface area contributed by atoms with Gasteiger partial charge in [0.15, 0.2) is 10.1 Å². The van der Waals surface area contributed by atoms with Crippen molar-refractivity contribution < 1.29 is 9.53 Å². The number of ether oxygens (including phenoxy) is 1. The van der Waals surface area contributed by atoms with Gasteiger partial charge in [-0.15, -0.1) is 10.2 Å². The number of aromatic nitrogens is 2. The summed E-state index contributed by atoms with van der Waals surface area (Å²) in [7, 11) is 1.58. The van der Waals surface area contributed by atoms with Gasteiger partial charge in [0.05, 0.1) is 18.1 Å². The third kappa shape index (κ3) is 5.68. The summed E-state index contributed by atoms with van der Waals surface area (Å²) in [6.07, 6.45) is 0. The van der Waals surface area contributed by atoms with E-state index in [1.165, 1.54) is 11.3 Å². The number of hydrogen-bond acceptors (Lipinski definition) is 7. The molecule has 140 valence electrons. The zero-order chi connectivity index (χ0) is 19.2. The number of nitrogens with zero attached hydrogens (tertiary/aromatic N) is 2. The normalized spacial score (nSPS) is 10.6. The number of carbonyl (C=O) groups excluding carboxylic acids is 1. The molecule has 0 aliphatic carbocycles. The lowest BCUT2D eigenvalue weighted by molar-refractivity contribution is 0.101. The monoisotopic (exact) mass is 483 g/mol. The molecule has 5 nitrogen and oxygen atoms in total. The Labute approximate surface area is 178 Å². The highest BCUT2D eigenvalue weighted by atomic mass is 79.9. The van der Waals surface area contributed by atoms with Gasteiger partial charge in [0.2, 0.25) is 5.13 Å². The molecule has 2 aromatic carbocycles. The second-order valence-corrected chi connectivity index (χ2v) is 8.91. The number of halogens is 2. The van der Waals surface area contributed by atoms with E-state index in [-0.39, 0.29) is 12.3 Å². The van der Waals surface area contributed by atoms with Crippen LogP contribution in [0.5, 0.6) is 5.75 Å². The summed E-state index contributed by atoms with van der Waals surface area (Å²) >= 11 is 12.3. The van der Waals surface area contributed by atoms with Gasteiger partial charge in [-0.3, -0.25) is 4.79 Å². The fourth-order valence-corrected chi connectivity index (χ4v) is 4.53. The van der Waals surface area contributed by atoms with E-state index in [4.69, 9.17) is 16.3 Å². The Hall–Kier alpha value is -1.61. The summed E-state index contributed by atoms with van der Waals surface area (Å²) in [5, 5.41) is 12.6. The van der Waals surface area contributed by atoms with Crippen molar-refractivity contribution in [2.45, 2.75) is 10.1 Å². The Morgan fingerprint density at radius 3 is 2.74 bits per heavy atom. The number of benzene rings is 2. The standard InChI is InChI=1S/C18H15BrClN3O2S2/c1-25-16-7-4-12(8-14(16)19)15(24)9-21-17-22-23-18(27-17)26-10-11-2-5-13(20)6-3-11/h2-8H,9-10H2,1H3,(H,21,22). The van der Waals surface area contributed by atoms with Gasteiger partial charge < -0.3 is 10.1 Å². The van der Waals surface area contributed by atoms with Crippen LogP contribution in [0.15, 0.2) is 51.3 Å². The molecule has 9 heteroatoms. The van der Waals surface area contributed by atoms with E-state index >= 15 is 0 Å². The summed E-state index contributed by atoms with van der Waals surface area (Å²) < 4.78 is 6.76. The molecule has 0 aliphatic rings. The van der Waals surface area contributed by atoms with Crippen LogP contribution in [0, 0.1) is 0 Å². The van der Waals surface area contributed by atoms with Gasteiger partial charge in [0, 0.05) is 16.3 Å². The molecule has 0 fully saturated rings. The molecule has 0 saturated carbocycles. The number of methoxy groups -OCH3 is 1. The van der Waals surface area contributed by atoms with Gasteiger partial charge in [0.25, 0.3) is 0 Å². The highest BCUT2D eigenvalue weighted by Crippen LogP contribution is 2.29. The number of ketones is 1. The number of Topliss-reactive ketones (excluding diaryl/α,β-unsaturated/α-hetero) is 1. The molecule has 0 bridgehead atoms. The molecule has 1 aromatic heterocycles. The summed E-state index contributed by atoms with van der Waals surface area (Å²) in [6, 6.07) is 13.0. The number of hydrogen-bond donors (Lipinski definition) is 1. The number of rotatable bonds is 8. The highest BCUT2D eigenvalue weighted by molar-refractivity contribution is 9.10. The Balaban J connectivity index is 1.52. The average Bonchev–Trinajstić information content (AvgIpc) is 3.13. The van der Waals surface area contributed by atoms with Crippen LogP contribution in [0.3, 0.4) is 0 Å². The molecular weight excluding hydrogens is 470 g/mol. The van der Waals surface area contributed by atoms with Gasteiger partial charge in [-0.25, -0.2) is 0 Å². The highest BCUT2D eigenvalue weighted by Gasteiger charge is 2.11. The summed E-state index contributed by atoms with van der Waals surface area (Å²) in [5.74, 6) is 1.43. The van der Waals surface area contributed by atoms with Crippen molar-refractivity contribution in [3.8, 4) is 5.75 Å². The topological polar surface area (TPSA) is 64.1 Å². The van der Waals surface area contributed by atoms with Gasteiger partial charge in [-0.2, -0.15) is 0 Å². The second kappa shape index (κ2) is 9.54. The smallest absolute Gasteiger partial charge is 0.206 e. The first-order chi connectivity index (χ1) is 13.0. The Morgan fingerprint density at radius 1 is 1.26 bits per heavy atom. The van der Waals surface area contributed by atoms with E-state index in [1.807, 2.05) is 24.3 Å². The third-order valence-corrected chi connectivity index (χ3v) is 6.51. The summed E-state index contributed by atoms with van der Waals surface area (Å²) in [6.45, 7) is 0.148. The van der Waals surface area contributed by atoms with Crippen molar-refractivity contribution >= 4 is 61.5 Å². The largest absolute Gasteiger partial charge is 0.496 e. The first-order valence-electron chi connectivity index (χ1n) is 7.86. The van der Waals surface area contributed by atoms with Crippen molar-refractivity contribution in [2.24, 2.45) is 0 Å². The lowest BCUT2D eigenvalue weighted by Crippen LogP contribution is -2.13. The van der Waals surface area contributed by atoms with Crippen LogP contribution < -0.4 is 10.1 Å². The molecule has 0 saturated heterocycles. The number of carbonyl (C=O) groups is 1. The van der Waals surface area contributed by atoms with E-state index in [0.717, 1.165) is 25.2 Å². The third-order valence-electron chi connectivity index (χ3n) is 3.56. The lowest BCUT2D eigenvalue weighted by atomic mass is 10.1. The minimum absolute atomic E-state index is 0.0380. The number of anilines is 1. The SMILES string of the molecule is COc1ccc(C(=O)CNc2nnc(SCc3ccc(Cl)cc3)s2)cc1Br. The molecule has 0 amide bonds. The van der Waals surface area contributed by atoms with Gasteiger partial charge >= 0.3 is 0 Å². The van der Waals surface area contributed by atoms with Crippen LogP contribution in [0.2, 0.25) is 5.02 Å². The van der Waals surface area contributed by atoms with Crippen molar-refractivity contribution in [2.75, 3.05) is 19.0 Å². The van der Waals surface area contributed by atoms with Crippen LogP contribution in [-0.2, 0) is 5.75 Å². The van der Waals surface area contributed by atoms with Crippen LogP contribution in [-0.4, -0.2) is 29.6 Å². The number of nitrogens with one attached hydrogen (secondary N) is 1. The van der Waals surface area contributed by atoms with Crippen molar-refractivity contribution in [3.63, 3.8) is 0 Å². The second-order valence-electron chi connectivity index (χ2n) is 5.41. The maximum absolute atomic E-state index is 12.3. The van der Waals surface area contributed by atoms with E-state index in [1.54, 1.807) is 37.1 Å².